The molecule has 0 spiro atoms. The second-order valence-corrected chi connectivity index (χ2v) is 8.74. The molecule has 3 rings (SSSR count). The zero-order valence-electron chi connectivity index (χ0n) is 18.7. The van der Waals surface area contributed by atoms with Crippen LogP contribution in [0.2, 0.25) is 0 Å². The molecule has 0 aliphatic rings. The van der Waals surface area contributed by atoms with Gasteiger partial charge in [-0.1, -0.05) is 45.9 Å². The summed E-state index contributed by atoms with van der Waals surface area (Å²) in [4.78, 5) is 3.74. The van der Waals surface area contributed by atoms with Gasteiger partial charge in [0.05, 0.1) is 19.9 Å². The van der Waals surface area contributed by atoms with Gasteiger partial charge in [-0.05, 0) is 37.4 Å². The van der Waals surface area contributed by atoms with Gasteiger partial charge >= 0.3 is 0 Å². The number of aryl methyl sites for hydroxylation is 2. The van der Waals surface area contributed by atoms with Crippen LogP contribution in [0, 0.1) is 13.8 Å². The minimum absolute atomic E-state index is 0.201. The van der Waals surface area contributed by atoms with Crippen LogP contribution >= 0.6 is 12.0 Å². The molecule has 0 heterocycles. The monoisotopic (exact) mass is 490 g/mol. The molecular weight excluding hydrogens is 467 g/mol. The molecule has 0 amide bonds. The average molecular weight is 490 g/mol. The Morgan fingerprint density at radius 2 is 1.67 bits per heavy atom. The Kier molecular flexibility index (Phi) is 9.83. The maximum atomic E-state index is 12.4. The van der Waals surface area contributed by atoms with Crippen molar-refractivity contribution in [1.82, 2.24) is 0 Å². The lowest BCUT2D eigenvalue weighted by Gasteiger charge is -2.13. The van der Waals surface area contributed by atoms with E-state index in [2.05, 4.69) is 28.7 Å². The second kappa shape index (κ2) is 12.1. The molecule has 174 valence electrons. The molecule has 0 saturated heterocycles. The Morgan fingerprint density at radius 1 is 1.00 bits per heavy atom. The summed E-state index contributed by atoms with van der Waals surface area (Å²) in [5.74, 6) is -0.328. The van der Waals surface area contributed by atoms with Gasteiger partial charge in [0.15, 0.2) is 5.75 Å². The number of aromatic hydroxyl groups is 1. The third-order valence-corrected chi connectivity index (χ3v) is 5.93. The summed E-state index contributed by atoms with van der Waals surface area (Å²) >= 11 is 1.08. The van der Waals surface area contributed by atoms with Gasteiger partial charge < -0.3 is 5.11 Å². The topological polar surface area (TPSA) is 116 Å². The first-order chi connectivity index (χ1) is 15.7. The summed E-state index contributed by atoms with van der Waals surface area (Å²) in [5, 5.41) is 23.5. The highest BCUT2D eigenvalue weighted by atomic mass is 32.2. The van der Waals surface area contributed by atoms with Gasteiger partial charge in [-0.15, -0.1) is 9.45 Å². The van der Waals surface area contributed by atoms with E-state index in [1.54, 1.807) is 37.4 Å². The van der Waals surface area contributed by atoms with E-state index in [9.17, 15) is 13.5 Å². The van der Waals surface area contributed by atoms with Crippen molar-refractivity contribution in [3.05, 3.63) is 53.6 Å². The van der Waals surface area contributed by atoms with Crippen LogP contribution in [0.25, 0.3) is 10.8 Å². The van der Waals surface area contributed by atoms with E-state index in [1.807, 2.05) is 19.1 Å². The van der Waals surface area contributed by atoms with E-state index >= 15 is 0 Å². The van der Waals surface area contributed by atoms with Gasteiger partial charge in [-0.2, -0.15) is 13.5 Å². The van der Waals surface area contributed by atoms with Crippen molar-refractivity contribution in [1.29, 1.82) is 0 Å². The molecule has 0 aromatic heterocycles. The number of phenolic OH excluding ortho intramolecular Hbond substituents is 1. The highest BCUT2D eigenvalue weighted by Crippen LogP contribution is 2.41. The lowest BCUT2D eigenvalue weighted by Crippen LogP contribution is -2.10. The third kappa shape index (κ3) is 6.76. The van der Waals surface area contributed by atoms with Crippen LogP contribution in [-0.2, 0) is 28.6 Å². The molecule has 33 heavy (non-hydrogen) atoms. The fourth-order valence-corrected chi connectivity index (χ4v) is 3.63. The Hall–Kier alpha value is -2.48. The molecule has 9 nitrogen and oxygen atoms in total. The van der Waals surface area contributed by atoms with Gasteiger partial charge in [0.25, 0.3) is 10.1 Å². The van der Waals surface area contributed by atoms with Crippen LogP contribution in [0.4, 0.5) is 11.4 Å². The molecule has 0 aliphatic heterocycles. The van der Waals surface area contributed by atoms with Crippen LogP contribution < -0.4 is 5.46 Å². The van der Waals surface area contributed by atoms with Gasteiger partial charge in [-0.3, -0.25) is 4.18 Å². The molecule has 0 aliphatic carbocycles. The summed E-state index contributed by atoms with van der Waals surface area (Å²) in [6.07, 6.45) is 1.72. The number of azo groups is 1. The maximum Gasteiger partial charge on any atom is 0.299 e. The van der Waals surface area contributed by atoms with E-state index in [0.29, 0.717) is 21.9 Å². The molecular formula is C21H23BN2O7S2. The zero-order valence-corrected chi connectivity index (χ0v) is 20.4. The lowest BCUT2D eigenvalue weighted by atomic mass is 9.85. The van der Waals surface area contributed by atoms with E-state index in [0.717, 1.165) is 30.3 Å². The summed E-state index contributed by atoms with van der Waals surface area (Å²) in [5.41, 5.74) is 2.50. The summed E-state index contributed by atoms with van der Waals surface area (Å²) < 4.78 is 33.6. The Balaban J connectivity index is 0.000000569. The van der Waals surface area contributed by atoms with E-state index in [4.69, 9.17) is 7.85 Å². The Bertz CT molecular complexity index is 1230. The first-order valence-electron chi connectivity index (χ1n) is 9.40. The molecule has 1 N–H and O–H groups in total. The first-order valence-corrected chi connectivity index (χ1v) is 12.0. The molecule has 0 unspecified atom stereocenters. The standard InChI is InChI=1S/C19H17BN2O4S.C2H6O3S/c1-11-4-7-13(8-5-11)21-22-18-16(27(24,25)26-3)10-15-14(19(18)23)9-6-12(2)17(15)20;1-3-4-5-6-2/h4-10,23H,1-3H3;1-2H3. The predicted octanol–water partition coefficient (Wildman–Crippen LogP) is 4.48. The van der Waals surface area contributed by atoms with Gasteiger partial charge in [0.1, 0.15) is 18.4 Å². The lowest BCUT2D eigenvalue weighted by molar-refractivity contribution is -0.447. The quantitative estimate of drug-likeness (QED) is 0.0981. The molecule has 0 saturated carbocycles. The Labute approximate surface area is 198 Å². The number of hydrogen-bond acceptors (Lipinski definition) is 10. The van der Waals surface area contributed by atoms with Crippen LogP contribution in [0.3, 0.4) is 0 Å². The number of fused-ring (bicyclic) bond motifs is 1. The van der Waals surface area contributed by atoms with Crippen molar-refractivity contribution in [2.24, 2.45) is 10.2 Å². The summed E-state index contributed by atoms with van der Waals surface area (Å²) in [7, 11) is 4.33. The highest BCUT2D eigenvalue weighted by Gasteiger charge is 2.24. The van der Waals surface area contributed by atoms with Crippen LogP contribution in [-0.4, -0.2) is 41.8 Å². The minimum atomic E-state index is -4.15. The number of nitrogens with zero attached hydrogens (tertiary/aromatic N) is 2. The third-order valence-electron chi connectivity index (χ3n) is 4.45. The molecule has 0 fully saturated rings. The molecule has 2 radical (unpaired) electrons. The number of rotatable bonds is 7. The van der Waals surface area contributed by atoms with Crippen molar-refractivity contribution in [3.8, 4) is 5.75 Å². The fraction of sp³-hybridized carbons (Fsp3) is 0.238. The van der Waals surface area contributed by atoms with E-state index < -0.39 is 10.1 Å². The highest BCUT2D eigenvalue weighted by molar-refractivity contribution is 7.93. The summed E-state index contributed by atoms with van der Waals surface area (Å²) in [6, 6.07) is 11.9. The van der Waals surface area contributed by atoms with Crippen LogP contribution in [0.15, 0.2) is 57.6 Å². The van der Waals surface area contributed by atoms with E-state index in [-0.39, 0.29) is 16.3 Å². The van der Waals surface area contributed by atoms with Gasteiger partial charge in [-0.25, -0.2) is 4.89 Å². The zero-order chi connectivity index (χ0) is 24.6. The van der Waals surface area contributed by atoms with Crippen molar-refractivity contribution < 1.29 is 32.0 Å². The Morgan fingerprint density at radius 3 is 2.21 bits per heavy atom. The SMILES string of the molecule is COOOSC.[B]c1c(C)ccc2c(O)c(N=Nc3ccc(C)cc3)c(S(=O)(=O)OC)cc12. The van der Waals surface area contributed by atoms with Crippen LogP contribution in [0.5, 0.6) is 5.75 Å². The molecule has 12 heteroatoms. The minimum Gasteiger partial charge on any atom is -0.505 e. The van der Waals surface area contributed by atoms with Crippen molar-refractivity contribution >= 4 is 57.6 Å². The van der Waals surface area contributed by atoms with Crippen LogP contribution in [0.1, 0.15) is 11.1 Å². The fourth-order valence-electron chi connectivity index (χ4n) is 2.70. The van der Waals surface area contributed by atoms with Gasteiger partial charge in [0.2, 0.25) is 0 Å². The normalized spacial score (nSPS) is 11.5. The summed E-state index contributed by atoms with van der Waals surface area (Å²) in [6.45, 7) is 3.73. The largest absolute Gasteiger partial charge is 0.505 e. The van der Waals surface area contributed by atoms with Crippen molar-refractivity contribution in [2.45, 2.75) is 18.7 Å². The average Bonchev–Trinajstić information content (AvgIpc) is 2.80. The number of phenols is 1. The predicted molar refractivity (Wildman–Crippen MR) is 128 cm³/mol. The molecule has 3 aromatic carbocycles. The van der Waals surface area contributed by atoms with Crippen molar-refractivity contribution in [2.75, 3.05) is 20.5 Å². The molecule has 3 aromatic rings. The smallest absolute Gasteiger partial charge is 0.299 e. The maximum absolute atomic E-state index is 12.4. The van der Waals surface area contributed by atoms with E-state index in [1.165, 1.54) is 13.2 Å². The number of hydrogen-bond donors (Lipinski definition) is 1. The van der Waals surface area contributed by atoms with Gasteiger partial charge in [0, 0.05) is 23.7 Å². The number of benzene rings is 3. The van der Waals surface area contributed by atoms with Crippen molar-refractivity contribution in [3.63, 3.8) is 0 Å². The second-order valence-electron chi connectivity index (χ2n) is 6.59. The molecule has 0 atom stereocenters. The first kappa shape index (κ1) is 26.8. The molecule has 0 bridgehead atoms.